The lowest BCUT2D eigenvalue weighted by atomic mass is 10.1. The van der Waals surface area contributed by atoms with Gasteiger partial charge in [-0.3, -0.25) is 9.89 Å². The Morgan fingerprint density at radius 3 is 2.61 bits per heavy atom. The van der Waals surface area contributed by atoms with Crippen LogP contribution in [0.5, 0.6) is 0 Å². The van der Waals surface area contributed by atoms with E-state index in [0.717, 1.165) is 11.2 Å². The molecule has 0 saturated heterocycles. The van der Waals surface area contributed by atoms with Crippen LogP contribution in [0.15, 0.2) is 28.7 Å². The number of aromatic amines is 1. The number of H-pyrrole nitrogens is 1. The lowest BCUT2D eigenvalue weighted by molar-refractivity contribution is 0.102. The number of anilines is 1. The van der Waals surface area contributed by atoms with Crippen LogP contribution in [0.25, 0.3) is 11.1 Å². The number of benzene rings is 1. The third-order valence-electron chi connectivity index (χ3n) is 3.61. The van der Waals surface area contributed by atoms with Gasteiger partial charge in [-0.15, -0.1) is 0 Å². The van der Waals surface area contributed by atoms with Crippen molar-refractivity contribution in [3.63, 3.8) is 0 Å². The Balaban J connectivity index is 1.81. The van der Waals surface area contributed by atoms with Crippen LogP contribution in [-0.2, 0) is 0 Å². The minimum Gasteiger partial charge on any atom is -0.440 e. The molecule has 3 rings (SSSR count). The summed E-state index contributed by atoms with van der Waals surface area (Å²) in [6.07, 6.45) is 0. The van der Waals surface area contributed by atoms with Crippen molar-refractivity contribution in [2.45, 2.75) is 39.5 Å². The molecule has 6 heteroatoms. The summed E-state index contributed by atoms with van der Waals surface area (Å²) in [6.45, 7) is 8.13. The van der Waals surface area contributed by atoms with Crippen LogP contribution in [-0.4, -0.2) is 21.1 Å². The van der Waals surface area contributed by atoms with Crippen LogP contribution in [0.3, 0.4) is 0 Å². The number of aromatic nitrogens is 3. The summed E-state index contributed by atoms with van der Waals surface area (Å²) in [5.41, 5.74) is 3.42. The fraction of sp³-hybridized carbons (Fsp3) is 0.353. The van der Waals surface area contributed by atoms with Gasteiger partial charge >= 0.3 is 0 Å². The zero-order valence-electron chi connectivity index (χ0n) is 13.7. The van der Waals surface area contributed by atoms with E-state index in [4.69, 9.17) is 4.42 Å². The molecule has 0 spiro atoms. The van der Waals surface area contributed by atoms with Gasteiger partial charge < -0.3 is 9.73 Å². The maximum atomic E-state index is 12.3. The van der Waals surface area contributed by atoms with E-state index >= 15 is 0 Å². The number of nitrogens with one attached hydrogen (secondary N) is 2. The van der Waals surface area contributed by atoms with Crippen LogP contribution in [0.2, 0.25) is 0 Å². The molecule has 120 valence electrons. The van der Waals surface area contributed by atoms with Crippen molar-refractivity contribution in [2.75, 3.05) is 5.32 Å². The number of fused-ring (bicyclic) bond motifs is 1. The van der Waals surface area contributed by atoms with E-state index in [2.05, 4.69) is 20.5 Å². The smallest absolute Gasteiger partial charge is 0.276 e. The Hall–Kier alpha value is -2.63. The molecule has 1 amide bonds. The second-order valence-corrected chi connectivity index (χ2v) is 6.21. The number of hydrogen-bond donors (Lipinski definition) is 2. The molecular weight excluding hydrogens is 292 g/mol. The summed E-state index contributed by atoms with van der Waals surface area (Å²) in [5, 5.41) is 9.77. The Morgan fingerprint density at radius 2 is 1.96 bits per heavy atom. The number of hydrogen-bond acceptors (Lipinski definition) is 4. The summed E-state index contributed by atoms with van der Waals surface area (Å²) in [5.74, 6) is 0.960. The van der Waals surface area contributed by atoms with Gasteiger partial charge in [0.1, 0.15) is 5.52 Å². The van der Waals surface area contributed by atoms with Gasteiger partial charge in [0.05, 0.1) is 0 Å². The van der Waals surface area contributed by atoms with Crippen LogP contribution in [0.1, 0.15) is 61.6 Å². The molecule has 0 radical (unpaired) electrons. The summed E-state index contributed by atoms with van der Waals surface area (Å²) in [6, 6.07) is 7.18. The molecule has 0 atom stereocenters. The van der Waals surface area contributed by atoms with Crippen LogP contribution in [0, 0.1) is 0 Å². The minimum absolute atomic E-state index is 0.221. The summed E-state index contributed by atoms with van der Waals surface area (Å²) < 4.78 is 5.66. The Morgan fingerprint density at radius 1 is 1.17 bits per heavy atom. The highest BCUT2D eigenvalue weighted by molar-refractivity contribution is 6.03. The standard InChI is InChI=1S/C17H20N4O2/c1-9(2)12-8-14(21-20-12)16(22)18-11-5-6-15-13(7-11)19-17(23-15)10(3)4/h5-10H,1-4H3,(H,18,22)(H,20,21). The quantitative estimate of drug-likeness (QED) is 0.761. The van der Waals surface area contributed by atoms with E-state index in [9.17, 15) is 4.79 Å². The third-order valence-corrected chi connectivity index (χ3v) is 3.61. The Bertz CT molecular complexity index is 845. The highest BCUT2D eigenvalue weighted by atomic mass is 16.3. The zero-order chi connectivity index (χ0) is 16.6. The minimum atomic E-state index is -0.250. The molecule has 0 bridgehead atoms. The molecule has 6 nitrogen and oxygen atoms in total. The van der Waals surface area contributed by atoms with E-state index in [1.54, 1.807) is 18.2 Å². The second-order valence-electron chi connectivity index (χ2n) is 6.21. The Labute approximate surface area is 134 Å². The molecule has 2 aromatic heterocycles. The van der Waals surface area contributed by atoms with E-state index in [1.165, 1.54) is 0 Å². The van der Waals surface area contributed by atoms with Crippen molar-refractivity contribution in [1.82, 2.24) is 15.2 Å². The molecule has 0 aliphatic heterocycles. The topological polar surface area (TPSA) is 83.8 Å². The average Bonchev–Trinajstić information content (AvgIpc) is 3.13. The maximum Gasteiger partial charge on any atom is 0.276 e. The summed E-state index contributed by atoms with van der Waals surface area (Å²) >= 11 is 0. The lowest BCUT2D eigenvalue weighted by Crippen LogP contribution is -2.12. The molecule has 0 fully saturated rings. The van der Waals surface area contributed by atoms with Crippen molar-refractivity contribution < 1.29 is 9.21 Å². The van der Waals surface area contributed by atoms with Gasteiger partial charge in [0, 0.05) is 17.3 Å². The number of amides is 1. The normalized spacial score (nSPS) is 11.6. The second kappa shape index (κ2) is 5.87. The maximum absolute atomic E-state index is 12.3. The van der Waals surface area contributed by atoms with E-state index in [1.807, 2.05) is 33.8 Å². The van der Waals surface area contributed by atoms with Crippen LogP contribution >= 0.6 is 0 Å². The summed E-state index contributed by atoms with van der Waals surface area (Å²) in [7, 11) is 0. The molecule has 0 aliphatic carbocycles. The first-order valence-corrected chi connectivity index (χ1v) is 7.71. The molecule has 2 heterocycles. The molecule has 3 aromatic rings. The fourth-order valence-electron chi connectivity index (χ4n) is 2.21. The number of carbonyl (C=O) groups excluding carboxylic acids is 1. The van der Waals surface area contributed by atoms with Crippen molar-refractivity contribution >= 4 is 22.7 Å². The van der Waals surface area contributed by atoms with E-state index in [0.29, 0.717) is 28.8 Å². The van der Waals surface area contributed by atoms with Gasteiger partial charge in [-0.25, -0.2) is 4.98 Å². The largest absolute Gasteiger partial charge is 0.440 e. The highest BCUT2D eigenvalue weighted by Crippen LogP contribution is 2.24. The van der Waals surface area contributed by atoms with Crippen molar-refractivity contribution in [3.05, 3.63) is 41.5 Å². The number of rotatable bonds is 4. The third kappa shape index (κ3) is 3.11. The fourth-order valence-corrected chi connectivity index (χ4v) is 2.21. The van der Waals surface area contributed by atoms with Crippen LogP contribution < -0.4 is 5.32 Å². The highest BCUT2D eigenvalue weighted by Gasteiger charge is 2.14. The lowest BCUT2D eigenvalue weighted by Gasteiger charge is -2.02. The predicted molar refractivity (Wildman–Crippen MR) is 88.7 cm³/mol. The zero-order valence-corrected chi connectivity index (χ0v) is 13.7. The van der Waals surface area contributed by atoms with E-state index in [-0.39, 0.29) is 11.8 Å². The monoisotopic (exact) mass is 312 g/mol. The predicted octanol–water partition coefficient (Wildman–Crippen LogP) is 4.05. The number of oxazole rings is 1. The van der Waals surface area contributed by atoms with Gasteiger partial charge in [-0.2, -0.15) is 5.10 Å². The van der Waals surface area contributed by atoms with E-state index < -0.39 is 0 Å². The molecule has 23 heavy (non-hydrogen) atoms. The molecule has 2 N–H and O–H groups in total. The molecule has 0 aliphatic rings. The summed E-state index contributed by atoms with van der Waals surface area (Å²) in [4.78, 5) is 16.7. The van der Waals surface area contributed by atoms with Crippen molar-refractivity contribution in [3.8, 4) is 0 Å². The first kappa shape index (κ1) is 15.3. The van der Waals surface area contributed by atoms with Gasteiger partial charge in [-0.1, -0.05) is 27.7 Å². The molecule has 0 saturated carbocycles. The Kier molecular flexibility index (Phi) is 3.90. The van der Waals surface area contributed by atoms with Gasteiger partial charge in [0.15, 0.2) is 17.2 Å². The molecule has 0 unspecified atom stereocenters. The number of carbonyl (C=O) groups is 1. The van der Waals surface area contributed by atoms with Gasteiger partial charge in [0.25, 0.3) is 5.91 Å². The first-order chi connectivity index (χ1) is 10.9. The average molecular weight is 312 g/mol. The molecule has 1 aromatic carbocycles. The SMILES string of the molecule is CC(C)c1cc(C(=O)Nc2ccc3oc(C(C)C)nc3c2)n[nH]1. The van der Waals surface area contributed by atoms with Crippen molar-refractivity contribution in [2.24, 2.45) is 0 Å². The first-order valence-electron chi connectivity index (χ1n) is 7.71. The van der Waals surface area contributed by atoms with Crippen molar-refractivity contribution in [1.29, 1.82) is 0 Å². The molecular formula is C17H20N4O2. The van der Waals surface area contributed by atoms with Gasteiger partial charge in [0.2, 0.25) is 0 Å². The van der Waals surface area contributed by atoms with Gasteiger partial charge in [-0.05, 0) is 30.2 Å². The number of nitrogens with zero attached hydrogens (tertiary/aromatic N) is 2. The van der Waals surface area contributed by atoms with Crippen LogP contribution in [0.4, 0.5) is 5.69 Å².